The molecular weight excluding hydrogens is 316 g/mol. The van der Waals surface area contributed by atoms with Crippen LogP contribution in [0.15, 0.2) is 30.5 Å². The van der Waals surface area contributed by atoms with Crippen LogP contribution in [0.2, 0.25) is 0 Å². The quantitative estimate of drug-likeness (QED) is 0.837. The second-order valence-electron chi connectivity index (χ2n) is 6.97. The van der Waals surface area contributed by atoms with Crippen LogP contribution in [0, 0.1) is 5.92 Å². The molecule has 1 aliphatic rings. The van der Waals surface area contributed by atoms with Crippen LogP contribution in [-0.4, -0.2) is 72.0 Å². The normalized spacial score (nSPS) is 21.6. The molecule has 0 bridgehead atoms. The Kier molecular flexibility index (Phi) is 5.73. The summed E-state index contributed by atoms with van der Waals surface area (Å²) in [6.07, 6.45) is 2.97. The number of aromatic nitrogens is 2. The van der Waals surface area contributed by atoms with Gasteiger partial charge in [0.2, 0.25) is 0 Å². The molecule has 1 aromatic heterocycles. The van der Waals surface area contributed by atoms with Crippen LogP contribution in [0.3, 0.4) is 0 Å². The third-order valence-electron chi connectivity index (χ3n) is 5.16. The first-order chi connectivity index (χ1) is 12.1. The van der Waals surface area contributed by atoms with Crippen molar-refractivity contribution in [2.24, 2.45) is 5.92 Å². The summed E-state index contributed by atoms with van der Waals surface area (Å²) in [5.74, 6) is 1.12. The molecule has 2 heterocycles. The molecule has 6 heteroatoms. The molecule has 6 nitrogen and oxygen atoms in total. The molecule has 1 aromatic carbocycles. The van der Waals surface area contributed by atoms with Crippen LogP contribution in [0.5, 0.6) is 5.75 Å². The molecule has 1 fully saturated rings. The summed E-state index contributed by atoms with van der Waals surface area (Å²) in [6.45, 7) is 2.97. The van der Waals surface area contributed by atoms with Gasteiger partial charge in [-0.3, -0.25) is 10.00 Å². The molecule has 25 heavy (non-hydrogen) atoms. The number of hydrogen-bond acceptors (Lipinski definition) is 5. The van der Waals surface area contributed by atoms with E-state index in [1.165, 1.54) is 0 Å². The third kappa shape index (κ3) is 3.86. The Bertz CT molecular complexity index is 686. The number of nitrogens with zero attached hydrogens (tertiary/aromatic N) is 3. The molecule has 3 rings (SSSR count). The fraction of sp³-hybridized carbons (Fsp3) is 0.526. The van der Waals surface area contributed by atoms with Gasteiger partial charge in [-0.25, -0.2) is 0 Å². The van der Waals surface area contributed by atoms with Gasteiger partial charge in [-0.15, -0.1) is 0 Å². The van der Waals surface area contributed by atoms with E-state index in [1.54, 1.807) is 7.11 Å². The first-order valence-electron chi connectivity index (χ1n) is 8.79. The summed E-state index contributed by atoms with van der Waals surface area (Å²) in [5, 5.41) is 17.1. The van der Waals surface area contributed by atoms with Crippen molar-refractivity contribution in [2.75, 3.05) is 40.9 Å². The van der Waals surface area contributed by atoms with Gasteiger partial charge in [0.1, 0.15) is 5.75 Å². The second kappa shape index (κ2) is 7.99. The van der Waals surface area contributed by atoms with Gasteiger partial charge in [0.25, 0.3) is 0 Å². The molecule has 1 saturated heterocycles. The van der Waals surface area contributed by atoms with E-state index >= 15 is 0 Å². The number of likely N-dealkylation sites (tertiary alicyclic amines) is 1. The number of methoxy groups -OCH3 is 1. The van der Waals surface area contributed by atoms with Crippen LogP contribution < -0.4 is 4.74 Å². The van der Waals surface area contributed by atoms with Gasteiger partial charge in [0.05, 0.1) is 19.0 Å². The van der Waals surface area contributed by atoms with Crippen LogP contribution in [0.25, 0.3) is 11.3 Å². The van der Waals surface area contributed by atoms with Crippen molar-refractivity contribution in [2.45, 2.75) is 19.0 Å². The summed E-state index contributed by atoms with van der Waals surface area (Å²) < 4.78 is 5.49. The monoisotopic (exact) mass is 344 g/mol. The van der Waals surface area contributed by atoms with E-state index in [0.717, 1.165) is 48.6 Å². The first kappa shape index (κ1) is 17.9. The fourth-order valence-corrected chi connectivity index (χ4v) is 3.85. The topological polar surface area (TPSA) is 64.6 Å². The Hall–Kier alpha value is -1.89. The molecule has 0 unspecified atom stereocenters. The maximum Gasteiger partial charge on any atom is 0.128 e. The van der Waals surface area contributed by atoms with Gasteiger partial charge in [0, 0.05) is 49.3 Å². The Morgan fingerprint density at radius 2 is 2.16 bits per heavy atom. The van der Waals surface area contributed by atoms with E-state index in [2.05, 4.69) is 34.1 Å². The number of aromatic amines is 1. The highest BCUT2D eigenvalue weighted by Crippen LogP contribution is 2.31. The summed E-state index contributed by atoms with van der Waals surface area (Å²) in [4.78, 5) is 4.64. The number of aliphatic hydroxyl groups is 1. The lowest BCUT2D eigenvalue weighted by molar-refractivity contribution is 0.0455. The highest BCUT2D eigenvalue weighted by atomic mass is 16.5. The standard InChI is InChI=1S/C19H28N4O2/c1-22(2)17-8-9-23(12-15(17)13-24)11-14-10-20-21-19(14)16-6-4-5-7-18(16)25-3/h4-7,10,15,17,24H,8-9,11-13H2,1-3H3,(H,20,21)/t15-,17-/m1/s1. The maximum atomic E-state index is 9.77. The second-order valence-corrected chi connectivity index (χ2v) is 6.97. The molecule has 2 atom stereocenters. The highest BCUT2D eigenvalue weighted by Gasteiger charge is 2.30. The number of H-pyrrole nitrogens is 1. The molecule has 0 radical (unpaired) electrons. The number of hydrogen-bond donors (Lipinski definition) is 2. The number of aliphatic hydroxyl groups excluding tert-OH is 1. The molecule has 2 N–H and O–H groups in total. The lowest BCUT2D eigenvalue weighted by atomic mass is 9.91. The number of rotatable bonds is 6. The molecule has 1 aliphatic heterocycles. The molecular formula is C19H28N4O2. The summed E-state index contributed by atoms with van der Waals surface area (Å²) >= 11 is 0. The van der Waals surface area contributed by atoms with E-state index in [0.29, 0.717) is 6.04 Å². The van der Waals surface area contributed by atoms with E-state index in [4.69, 9.17) is 4.74 Å². The van der Waals surface area contributed by atoms with Gasteiger partial charge in [0.15, 0.2) is 0 Å². The van der Waals surface area contributed by atoms with E-state index in [9.17, 15) is 5.11 Å². The molecule has 0 amide bonds. The van der Waals surface area contributed by atoms with Gasteiger partial charge >= 0.3 is 0 Å². The predicted molar refractivity (Wildman–Crippen MR) is 98.5 cm³/mol. The minimum Gasteiger partial charge on any atom is -0.496 e. The fourth-order valence-electron chi connectivity index (χ4n) is 3.85. The number of ether oxygens (including phenoxy) is 1. The Labute approximate surface area is 149 Å². The van der Waals surface area contributed by atoms with Crippen LogP contribution in [0.1, 0.15) is 12.0 Å². The van der Waals surface area contributed by atoms with E-state index < -0.39 is 0 Å². The van der Waals surface area contributed by atoms with Gasteiger partial charge < -0.3 is 14.7 Å². The maximum absolute atomic E-state index is 9.77. The zero-order valence-electron chi connectivity index (χ0n) is 15.3. The molecule has 0 saturated carbocycles. The number of piperidine rings is 1. The number of benzene rings is 1. The van der Waals surface area contributed by atoms with Crippen molar-refractivity contribution in [1.82, 2.24) is 20.0 Å². The summed E-state index contributed by atoms with van der Waals surface area (Å²) in [5.41, 5.74) is 3.19. The van der Waals surface area contributed by atoms with Crippen LogP contribution in [-0.2, 0) is 6.54 Å². The van der Waals surface area contributed by atoms with Gasteiger partial charge in [-0.2, -0.15) is 5.10 Å². The lowest BCUT2D eigenvalue weighted by Gasteiger charge is -2.40. The Morgan fingerprint density at radius 1 is 1.36 bits per heavy atom. The largest absolute Gasteiger partial charge is 0.496 e. The Morgan fingerprint density at radius 3 is 2.88 bits per heavy atom. The van der Waals surface area contributed by atoms with Crippen molar-refractivity contribution < 1.29 is 9.84 Å². The van der Waals surface area contributed by atoms with Crippen LogP contribution in [0.4, 0.5) is 0 Å². The first-order valence-corrected chi connectivity index (χ1v) is 8.79. The molecule has 0 aliphatic carbocycles. The smallest absolute Gasteiger partial charge is 0.128 e. The van der Waals surface area contributed by atoms with Gasteiger partial charge in [-0.05, 0) is 32.6 Å². The SMILES string of the molecule is COc1ccccc1-c1[nH]ncc1CN1CC[C@@H](N(C)C)[C@@H](CO)C1. The Balaban J connectivity index is 1.76. The van der Waals surface area contributed by atoms with Crippen molar-refractivity contribution in [3.05, 3.63) is 36.0 Å². The highest BCUT2D eigenvalue weighted by molar-refractivity contribution is 5.69. The van der Waals surface area contributed by atoms with Crippen molar-refractivity contribution >= 4 is 0 Å². The molecule has 2 aromatic rings. The van der Waals surface area contributed by atoms with Crippen molar-refractivity contribution in [3.8, 4) is 17.0 Å². The zero-order chi connectivity index (χ0) is 17.8. The average Bonchev–Trinajstić information content (AvgIpc) is 3.09. The van der Waals surface area contributed by atoms with Crippen molar-refractivity contribution in [1.29, 1.82) is 0 Å². The summed E-state index contributed by atoms with van der Waals surface area (Å²) in [7, 11) is 5.88. The minimum absolute atomic E-state index is 0.226. The van der Waals surface area contributed by atoms with E-state index in [1.807, 2.05) is 30.5 Å². The average molecular weight is 344 g/mol. The number of para-hydroxylation sites is 1. The number of nitrogens with one attached hydrogen (secondary N) is 1. The molecule has 0 spiro atoms. The van der Waals surface area contributed by atoms with Gasteiger partial charge in [-0.1, -0.05) is 12.1 Å². The minimum atomic E-state index is 0.226. The van der Waals surface area contributed by atoms with Crippen molar-refractivity contribution in [3.63, 3.8) is 0 Å². The lowest BCUT2D eigenvalue weighted by Crippen LogP contribution is -2.49. The van der Waals surface area contributed by atoms with E-state index in [-0.39, 0.29) is 12.5 Å². The van der Waals surface area contributed by atoms with Crippen LogP contribution >= 0.6 is 0 Å². The zero-order valence-corrected chi connectivity index (χ0v) is 15.3. The molecule has 136 valence electrons. The third-order valence-corrected chi connectivity index (χ3v) is 5.16. The predicted octanol–water partition coefficient (Wildman–Crippen LogP) is 1.83. The summed E-state index contributed by atoms with van der Waals surface area (Å²) in [6, 6.07) is 8.43.